The Morgan fingerprint density at radius 3 is 2.56 bits per heavy atom. The molecule has 2 aromatic carbocycles. The zero-order chi connectivity index (χ0) is 13.1. The molecule has 0 bridgehead atoms. The first kappa shape index (κ1) is 13.4. The topological polar surface area (TPSA) is 17.1 Å². The van der Waals surface area contributed by atoms with Gasteiger partial charge in [0.2, 0.25) is 0 Å². The van der Waals surface area contributed by atoms with Crippen molar-refractivity contribution in [1.29, 1.82) is 0 Å². The average molecular weight is 331 g/mol. The Hall–Kier alpha value is -1.07. The van der Waals surface area contributed by atoms with Gasteiger partial charge in [-0.25, -0.2) is 8.78 Å². The van der Waals surface area contributed by atoms with E-state index in [9.17, 15) is 13.0 Å². The largest absolute Gasteiger partial charge is 0.254 e. The van der Waals surface area contributed by atoms with E-state index in [0.29, 0.717) is 14.9 Å². The molecule has 2 aromatic rings. The number of rotatable bonds is 3. The second-order valence-electron chi connectivity index (χ2n) is 3.68. The highest BCUT2D eigenvalue weighted by Gasteiger charge is 2.10. The molecule has 5 heteroatoms. The zero-order valence-electron chi connectivity index (χ0n) is 9.20. The molecule has 0 spiro atoms. The van der Waals surface area contributed by atoms with E-state index in [1.165, 1.54) is 24.3 Å². The van der Waals surface area contributed by atoms with Crippen molar-refractivity contribution in [1.82, 2.24) is 0 Å². The molecule has 0 saturated heterocycles. The Bertz CT molecular complexity index is 601. The van der Waals surface area contributed by atoms with E-state index in [2.05, 4.69) is 15.9 Å². The minimum atomic E-state index is -1.46. The third-order valence-corrected chi connectivity index (χ3v) is 4.21. The van der Waals surface area contributed by atoms with Crippen molar-refractivity contribution in [2.75, 3.05) is 0 Å². The second-order valence-corrected chi connectivity index (χ2v) is 6.05. The molecular formula is C13H9BrF2OS. The molecule has 1 atom stereocenters. The van der Waals surface area contributed by atoms with Gasteiger partial charge < -0.3 is 0 Å². The molecule has 0 radical (unpaired) electrons. The lowest BCUT2D eigenvalue weighted by Gasteiger charge is -2.04. The smallest absolute Gasteiger partial charge is 0.128 e. The lowest BCUT2D eigenvalue weighted by atomic mass is 10.2. The Kier molecular flexibility index (Phi) is 4.24. The van der Waals surface area contributed by atoms with Gasteiger partial charge >= 0.3 is 0 Å². The summed E-state index contributed by atoms with van der Waals surface area (Å²) < 4.78 is 39.1. The highest BCUT2D eigenvalue weighted by atomic mass is 79.9. The van der Waals surface area contributed by atoms with E-state index in [4.69, 9.17) is 0 Å². The predicted molar refractivity (Wildman–Crippen MR) is 70.6 cm³/mol. The SMILES string of the molecule is O=S(Cc1ccc(Br)cc1F)c1cccc(F)c1. The van der Waals surface area contributed by atoms with E-state index in [1.54, 1.807) is 18.2 Å². The van der Waals surface area contributed by atoms with Gasteiger partial charge in [-0.2, -0.15) is 0 Å². The van der Waals surface area contributed by atoms with Crippen molar-refractivity contribution >= 4 is 26.7 Å². The summed E-state index contributed by atoms with van der Waals surface area (Å²) in [6.07, 6.45) is 0. The maximum atomic E-state index is 13.6. The molecule has 1 nitrogen and oxygen atoms in total. The molecule has 0 amide bonds. The van der Waals surface area contributed by atoms with Gasteiger partial charge in [0, 0.05) is 14.9 Å². The standard InChI is InChI=1S/C13H9BrF2OS/c14-10-5-4-9(13(16)6-10)8-18(17)12-3-1-2-11(15)7-12/h1-7H,8H2. The van der Waals surface area contributed by atoms with Gasteiger partial charge in [-0.15, -0.1) is 0 Å². The van der Waals surface area contributed by atoms with Crippen molar-refractivity contribution < 1.29 is 13.0 Å². The van der Waals surface area contributed by atoms with Crippen LogP contribution in [0.1, 0.15) is 5.56 Å². The third kappa shape index (κ3) is 3.23. The first-order chi connectivity index (χ1) is 8.56. The van der Waals surface area contributed by atoms with Gasteiger partial charge in [-0.3, -0.25) is 4.21 Å². The van der Waals surface area contributed by atoms with Crippen LogP contribution in [-0.4, -0.2) is 4.21 Å². The fourth-order valence-electron chi connectivity index (χ4n) is 1.47. The summed E-state index contributed by atoms with van der Waals surface area (Å²) in [6.45, 7) is 0. The van der Waals surface area contributed by atoms with Crippen molar-refractivity contribution in [2.45, 2.75) is 10.6 Å². The highest BCUT2D eigenvalue weighted by molar-refractivity contribution is 9.10. The van der Waals surface area contributed by atoms with E-state index >= 15 is 0 Å². The first-order valence-electron chi connectivity index (χ1n) is 5.14. The lowest BCUT2D eigenvalue weighted by molar-refractivity contribution is 0.613. The molecule has 0 N–H and O–H groups in total. The van der Waals surface area contributed by atoms with Gasteiger partial charge in [0.25, 0.3) is 0 Å². The van der Waals surface area contributed by atoms with E-state index in [-0.39, 0.29) is 5.75 Å². The molecule has 0 saturated carbocycles. The van der Waals surface area contributed by atoms with Crippen molar-refractivity contribution in [3.05, 3.63) is 64.1 Å². The number of hydrogen-bond donors (Lipinski definition) is 0. The van der Waals surface area contributed by atoms with E-state index < -0.39 is 22.4 Å². The summed E-state index contributed by atoms with van der Waals surface area (Å²) in [4.78, 5) is 0.359. The van der Waals surface area contributed by atoms with Gasteiger partial charge in [0.15, 0.2) is 0 Å². The average Bonchev–Trinajstić information content (AvgIpc) is 2.32. The van der Waals surface area contributed by atoms with E-state index in [1.807, 2.05) is 0 Å². The minimum Gasteiger partial charge on any atom is -0.254 e. The lowest BCUT2D eigenvalue weighted by Crippen LogP contribution is -1.99. The molecule has 1 unspecified atom stereocenters. The minimum absolute atomic E-state index is 0.0303. The normalized spacial score (nSPS) is 12.4. The predicted octanol–water partition coefficient (Wildman–Crippen LogP) is 4.04. The molecule has 0 aliphatic heterocycles. The summed E-state index contributed by atoms with van der Waals surface area (Å²) in [5.74, 6) is -0.839. The zero-order valence-corrected chi connectivity index (χ0v) is 11.6. The molecule has 18 heavy (non-hydrogen) atoms. The van der Waals surface area contributed by atoms with Crippen LogP contribution < -0.4 is 0 Å². The molecule has 0 fully saturated rings. The molecular weight excluding hydrogens is 322 g/mol. The van der Waals surface area contributed by atoms with Gasteiger partial charge in [-0.1, -0.05) is 28.1 Å². The summed E-state index contributed by atoms with van der Waals surface area (Å²) in [7, 11) is -1.46. The van der Waals surface area contributed by atoms with Gasteiger partial charge in [-0.05, 0) is 30.3 Å². The van der Waals surface area contributed by atoms with Crippen molar-refractivity contribution in [3.8, 4) is 0 Å². The Balaban J connectivity index is 2.21. The fraction of sp³-hybridized carbons (Fsp3) is 0.0769. The van der Waals surface area contributed by atoms with Crippen LogP contribution in [0.4, 0.5) is 8.78 Å². The summed E-state index contributed by atoms with van der Waals surface area (Å²) in [6, 6.07) is 10.1. The van der Waals surface area contributed by atoms with Gasteiger partial charge in [0.1, 0.15) is 11.6 Å². The van der Waals surface area contributed by atoms with Crippen LogP contribution >= 0.6 is 15.9 Å². The van der Waals surface area contributed by atoms with Crippen molar-refractivity contribution in [3.63, 3.8) is 0 Å². The molecule has 0 aliphatic rings. The monoisotopic (exact) mass is 330 g/mol. The maximum absolute atomic E-state index is 13.6. The molecule has 2 rings (SSSR count). The molecule has 94 valence electrons. The highest BCUT2D eigenvalue weighted by Crippen LogP contribution is 2.19. The van der Waals surface area contributed by atoms with Crippen LogP contribution in [-0.2, 0) is 16.6 Å². The van der Waals surface area contributed by atoms with Crippen LogP contribution in [0, 0.1) is 11.6 Å². The van der Waals surface area contributed by atoms with Crippen LogP contribution in [0.25, 0.3) is 0 Å². The quantitative estimate of drug-likeness (QED) is 0.830. The van der Waals surface area contributed by atoms with Crippen molar-refractivity contribution in [2.24, 2.45) is 0 Å². The van der Waals surface area contributed by atoms with E-state index in [0.717, 1.165) is 0 Å². The molecule has 0 aliphatic carbocycles. The molecule has 0 aromatic heterocycles. The Labute approximate surface area is 114 Å². The summed E-state index contributed by atoms with van der Waals surface area (Å²) >= 11 is 3.15. The van der Waals surface area contributed by atoms with Gasteiger partial charge in [0.05, 0.1) is 16.6 Å². The summed E-state index contributed by atoms with van der Waals surface area (Å²) in [5.41, 5.74) is 0.348. The van der Waals surface area contributed by atoms with Crippen LogP contribution in [0.3, 0.4) is 0 Å². The Morgan fingerprint density at radius 1 is 1.11 bits per heavy atom. The van der Waals surface area contributed by atoms with Crippen LogP contribution in [0.5, 0.6) is 0 Å². The maximum Gasteiger partial charge on any atom is 0.128 e. The fourth-order valence-corrected chi connectivity index (χ4v) is 2.96. The number of hydrogen-bond acceptors (Lipinski definition) is 1. The molecule has 0 heterocycles. The van der Waals surface area contributed by atoms with Crippen LogP contribution in [0.2, 0.25) is 0 Å². The first-order valence-corrected chi connectivity index (χ1v) is 7.25. The number of benzene rings is 2. The summed E-state index contributed by atoms with van der Waals surface area (Å²) in [5, 5.41) is 0. The Morgan fingerprint density at radius 2 is 1.89 bits per heavy atom. The third-order valence-electron chi connectivity index (χ3n) is 2.36. The second kappa shape index (κ2) is 5.71. The van der Waals surface area contributed by atoms with Crippen LogP contribution in [0.15, 0.2) is 51.8 Å². The number of halogens is 3.